The Labute approximate surface area is 139 Å². The van der Waals surface area contributed by atoms with E-state index in [2.05, 4.69) is 22.2 Å². The first-order chi connectivity index (χ1) is 11.2. The summed E-state index contributed by atoms with van der Waals surface area (Å²) in [5.74, 6) is 0.721. The molecule has 0 saturated heterocycles. The molecule has 7 heteroatoms. The number of hydrogen-bond donors (Lipinski definition) is 1. The normalized spacial score (nSPS) is 15.7. The fourth-order valence-electron chi connectivity index (χ4n) is 2.40. The molecule has 6 nitrogen and oxygen atoms in total. The van der Waals surface area contributed by atoms with Crippen LogP contribution in [0.25, 0.3) is 0 Å². The van der Waals surface area contributed by atoms with Crippen LogP contribution >= 0.6 is 11.8 Å². The van der Waals surface area contributed by atoms with Crippen molar-refractivity contribution in [3.8, 4) is 0 Å². The van der Waals surface area contributed by atoms with Gasteiger partial charge < -0.3 is 5.32 Å². The van der Waals surface area contributed by atoms with Crippen LogP contribution < -0.4 is 5.32 Å². The third-order valence-electron chi connectivity index (χ3n) is 3.56. The number of fused-ring (bicyclic) bond motifs is 3. The first-order valence-electron chi connectivity index (χ1n) is 7.65. The molecule has 1 aromatic rings. The lowest BCUT2D eigenvalue weighted by molar-refractivity contribution is -0.122. The molecule has 0 bridgehead atoms. The van der Waals surface area contributed by atoms with Crippen LogP contribution in [0.4, 0.5) is 5.69 Å². The zero-order chi connectivity index (χ0) is 16.2. The lowest BCUT2D eigenvalue weighted by Gasteiger charge is -2.25. The van der Waals surface area contributed by atoms with Crippen LogP contribution in [0.3, 0.4) is 0 Å². The summed E-state index contributed by atoms with van der Waals surface area (Å²) < 4.78 is 0. The van der Waals surface area contributed by atoms with Gasteiger partial charge in [-0.25, -0.2) is 9.89 Å². The molecular weight excluding hydrogens is 312 g/mol. The van der Waals surface area contributed by atoms with Gasteiger partial charge in [0.05, 0.1) is 11.4 Å². The highest BCUT2D eigenvalue weighted by molar-refractivity contribution is 8.14. The Morgan fingerprint density at radius 3 is 3.04 bits per heavy atom. The van der Waals surface area contributed by atoms with E-state index in [0.717, 1.165) is 24.1 Å². The van der Waals surface area contributed by atoms with E-state index in [1.165, 1.54) is 16.7 Å². The van der Waals surface area contributed by atoms with Crippen molar-refractivity contribution in [2.45, 2.75) is 19.8 Å². The van der Waals surface area contributed by atoms with E-state index < -0.39 is 0 Å². The Kier molecular flexibility index (Phi) is 4.76. The monoisotopic (exact) mass is 330 g/mol. The van der Waals surface area contributed by atoms with Crippen LogP contribution in [-0.2, 0) is 9.59 Å². The maximum atomic E-state index is 12.1. The number of nitrogens with one attached hydrogen (secondary N) is 1. The summed E-state index contributed by atoms with van der Waals surface area (Å²) in [6.45, 7) is 2.89. The lowest BCUT2D eigenvalue weighted by Crippen LogP contribution is -2.40. The molecule has 0 unspecified atom stereocenters. The molecule has 1 N–H and O–H groups in total. The van der Waals surface area contributed by atoms with E-state index in [1.54, 1.807) is 0 Å². The van der Waals surface area contributed by atoms with Crippen molar-refractivity contribution in [1.82, 2.24) is 10.2 Å². The van der Waals surface area contributed by atoms with Gasteiger partial charge in [-0.15, -0.1) is 0 Å². The molecule has 23 heavy (non-hydrogen) atoms. The number of hydrogen-bond acceptors (Lipinski definition) is 5. The fraction of sp³-hybridized carbons (Fsp3) is 0.375. The number of para-hydroxylation sites is 1. The van der Waals surface area contributed by atoms with Crippen molar-refractivity contribution < 1.29 is 9.59 Å². The minimum Gasteiger partial charge on any atom is -0.355 e. The van der Waals surface area contributed by atoms with E-state index in [0.29, 0.717) is 17.5 Å². The zero-order valence-electron chi connectivity index (χ0n) is 12.9. The largest absolute Gasteiger partial charge is 0.355 e. The summed E-state index contributed by atoms with van der Waals surface area (Å²) >= 11 is 1.27. The number of aliphatic imine (C=N–C) groups is 2. The Balaban J connectivity index is 1.74. The van der Waals surface area contributed by atoms with Gasteiger partial charge in [-0.2, -0.15) is 0 Å². The van der Waals surface area contributed by atoms with E-state index in [-0.39, 0.29) is 24.1 Å². The SMILES string of the molecule is CCCCNC(=O)CSC1=Nc2ccccc2C2=NCC(=O)N12. The molecule has 120 valence electrons. The second-order valence-corrected chi connectivity index (χ2v) is 6.22. The van der Waals surface area contributed by atoms with Crippen LogP contribution in [0.2, 0.25) is 0 Å². The first-order valence-corrected chi connectivity index (χ1v) is 8.64. The zero-order valence-corrected chi connectivity index (χ0v) is 13.7. The van der Waals surface area contributed by atoms with E-state index >= 15 is 0 Å². The number of carbonyl (C=O) groups excluding carboxylic acids is 2. The Morgan fingerprint density at radius 1 is 1.39 bits per heavy atom. The van der Waals surface area contributed by atoms with Gasteiger partial charge in [0.15, 0.2) is 5.17 Å². The Hall–Kier alpha value is -2.15. The highest BCUT2D eigenvalue weighted by atomic mass is 32.2. The molecule has 2 amide bonds. The molecule has 2 heterocycles. The van der Waals surface area contributed by atoms with Crippen molar-refractivity contribution in [2.75, 3.05) is 18.8 Å². The van der Waals surface area contributed by atoms with Crippen LogP contribution in [0.5, 0.6) is 0 Å². The summed E-state index contributed by atoms with van der Waals surface area (Å²) in [6.07, 6.45) is 2.01. The summed E-state index contributed by atoms with van der Waals surface area (Å²) in [4.78, 5) is 34.3. The Morgan fingerprint density at radius 2 is 2.22 bits per heavy atom. The molecule has 2 aliphatic heterocycles. The summed E-state index contributed by atoms with van der Waals surface area (Å²) in [5.41, 5.74) is 1.64. The highest BCUT2D eigenvalue weighted by Gasteiger charge is 2.35. The van der Waals surface area contributed by atoms with Crippen LogP contribution in [0.15, 0.2) is 34.3 Å². The van der Waals surface area contributed by atoms with E-state index in [9.17, 15) is 9.59 Å². The average molecular weight is 330 g/mol. The molecule has 0 aromatic heterocycles. The van der Waals surface area contributed by atoms with Gasteiger partial charge in [0, 0.05) is 12.1 Å². The molecule has 1 aromatic carbocycles. The number of thioether (sulfide) groups is 1. The molecule has 0 spiro atoms. The topological polar surface area (TPSA) is 74.1 Å². The molecular formula is C16H18N4O2S. The van der Waals surface area contributed by atoms with Crippen molar-refractivity contribution in [1.29, 1.82) is 0 Å². The van der Waals surface area contributed by atoms with Crippen LogP contribution in [-0.4, -0.2) is 46.6 Å². The number of amidine groups is 2. The predicted octanol–water partition coefficient (Wildman–Crippen LogP) is 1.93. The summed E-state index contributed by atoms with van der Waals surface area (Å²) in [6, 6.07) is 7.59. The smallest absolute Gasteiger partial charge is 0.256 e. The molecule has 2 aliphatic rings. The standard InChI is InChI=1S/C16H18N4O2S/c1-2-3-8-17-13(21)10-23-16-19-12-7-5-4-6-11(12)15-18-9-14(22)20(15)16/h4-7H,2-3,8-10H2,1H3,(H,17,21). The number of amides is 2. The summed E-state index contributed by atoms with van der Waals surface area (Å²) in [5, 5.41) is 3.39. The predicted molar refractivity (Wildman–Crippen MR) is 92.2 cm³/mol. The second-order valence-electron chi connectivity index (χ2n) is 5.27. The van der Waals surface area contributed by atoms with Crippen LogP contribution in [0.1, 0.15) is 25.3 Å². The van der Waals surface area contributed by atoms with Crippen molar-refractivity contribution in [3.05, 3.63) is 29.8 Å². The molecule has 0 atom stereocenters. The quantitative estimate of drug-likeness (QED) is 0.838. The average Bonchev–Trinajstić information content (AvgIpc) is 2.95. The first kappa shape index (κ1) is 15.7. The molecule has 0 aliphatic carbocycles. The van der Waals surface area contributed by atoms with Gasteiger partial charge in [0.25, 0.3) is 5.91 Å². The van der Waals surface area contributed by atoms with E-state index in [4.69, 9.17) is 0 Å². The minimum atomic E-state index is -0.104. The number of nitrogens with zero attached hydrogens (tertiary/aromatic N) is 3. The summed E-state index contributed by atoms with van der Waals surface area (Å²) in [7, 11) is 0. The van der Waals surface area contributed by atoms with Gasteiger partial charge >= 0.3 is 0 Å². The second kappa shape index (κ2) is 6.95. The highest BCUT2D eigenvalue weighted by Crippen LogP contribution is 2.31. The minimum absolute atomic E-state index is 0.0462. The third-order valence-corrected chi connectivity index (χ3v) is 4.50. The van der Waals surface area contributed by atoms with Crippen molar-refractivity contribution >= 4 is 40.3 Å². The molecule has 0 fully saturated rings. The van der Waals surface area contributed by atoms with Gasteiger partial charge in [0.1, 0.15) is 12.4 Å². The maximum absolute atomic E-state index is 12.1. The van der Waals surface area contributed by atoms with Crippen molar-refractivity contribution in [3.63, 3.8) is 0 Å². The number of unbranched alkanes of at least 4 members (excludes halogenated alkanes) is 1. The lowest BCUT2D eigenvalue weighted by atomic mass is 10.1. The fourth-order valence-corrected chi connectivity index (χ4v) is 3.24. The van der Waals surface area contributed by atoms with Crippen molar-refractivity contribution in [2.24, 2.45) is 9.98 Å². The number of rotatable bonds is 5. The van der Waals surface area contributed by atoms with Crippen LogP contribution in [0, 0.1) is 0 Å². The van der Waals surface area contributed by atoms with Gasteiger partial charge in [-0.05, 0) is 18.6 Å². The Bertz CT molecular complexity index is 699. The number of carbonyl (C=O) groups is 2. The van der Waals surface area contributed by atoms with E-state index in [1.807, 2.05) is 24.3 Å². The number of benzene rings is 1. The molecule has 0 saturated carbocycles. The molecule has 0 radical (unpaired) electrons. The van der Waals surface area contributed by atoms with Gasteiger partial charge in [-0.3, -0.25) is 14.6 Å². The molecule has 3 rings (SSSR count). The third kappa shape index (κ3) is 3.29. The maximum Gasteiger partial charge on any atom is 0.256 e. The van der Waals surface area contributed by atoms with Gasteiger partial charge in [0.2, 0.25) is 5.91 Å². The van der Waals surface area contributed by atoms with Gasteiger partial charge in [-0.1, -0.05) is 37.2 Å².